The zero-order valence-electron chi connectivity index (χ0n) is 28.1. The van der Waals surface area contributed by atoms with E-state index < -0.39 is 0 Å². The lowest BCUT2D eigenvalue weighted by Gasteiger charge is -2.23. The van der Waals surface area contributed by atoms with Crippen LogP contribution in [0.25, 0.3) is 0 Å². The Bertz CT molecular complexity index is 1660. The normalized spacial score (nSPS) is 12.2. The van der Waals surface area contributed by atoms with Gasteiger partial charge < -0.3 is 20.0 Å². The third-order valence-corrected chi connectivity index (χ3v) is 9.01. The summed E-state index contributed by atoms with van der Waals surface area (Å²) in [5.74, 6) is 0.864. The van der Waals surface area contributed by atoms with Crippen molar-refractivity contribution in [1.82, 2.24) is 0 Å². The second-order valence-electron chi connectivity index (χ2n) is 12.4. The standard InChI is InChI=1S/C42H44N2O4/c1-5-43(37-19-7-31(8-20-37)27-29(3)33-15-23-39(45)24-16-33)41(47)35-11-13-36(14-12-35)42(48)44(6-2)38-21-9-32(10-22-38)28-30(4)34-17-25-40(46)26-18-34/h7-26,29-30,45-46H,5-6,27-28H2,1-4H3. The minimum absolute atomic E-state index is 0.119. The summed E-state index contributed by atoms with van der Waals surface area (Å²) in [6.07, 6.45) is 1.69. The van der Waals surface area contributed by atoms with E-state index in [1.807, 2.05) is 62.4 Å². The van der Waals surface area contributed by atoms with E-state index in [1.165, 1.54) is 11.1 Å². The Morgan fingerprint density at radius 3 is 1.10 bits per heavy atom. The maximum atomic E-state index is 13.6. The van der Waals surface area contributed by atoms with Gasteiger partial charge in [-0.05, 0) is 134 Å². The first-order chi connectivity index (χ1) is 23.2. The molecule has 2 amide bonds. The first kappa shape index (κ1) is 34.0. The van der Waals surface area contributed by atoms with Crippen LogP contribution in [0.3, 0.4) is 0 Å². The summed E-state index contributed by atoms with van der Waals surface area (Å²) < 4.78 is 0. The molecule has 5 aromatic rings. The van der Waals surface area contributed by atoms with Crippen LogP contribution in [0.5, 0.6) is 11.5 Å². The van der Waals surface area contributed by atoms with Gasteiger partial charge in [-0.1, -0.05) is 62.4 Å². The van der Waals surface area contributed by atoms with E-state index in [9.17, 15) is 19.8 Å². The maximum Gasteiger partial charge on any atom is 0.258 e. The van der Waals surface area contributed by atoms with Crippen molar-refractivity contribution in [2.24, 2.45) is 0 Å². The van der Waals surface area contributed by atoms with Crippen LogP contribution in [0.15, 0.2) is 121 Å². The number of phenolic OH excluding ortho intramolecular Hbond substituents is 2. The third-order valence-electron chi connectivity index (χ3n) is 9.01. The smallest absolute Gasteiger partial charge is 0.258 e. The topological polar surface area (TPSA) is 81.1 Å². The fourth-order valence-corrected chi connectivity index (χ4v) is 6.13. The van der Waals surface area contributed by atoms with Crippen LogP contribution >= 0.6 is 0 Å². The number of anilines is 2. The molecule has 0 aliphatic carbocycles. The van der Waals surface area contributed by atoms with Crippen LogP contribution in [0.1, 0.15) is 82.5 Å². The van der Waals surface area contributed by atoms with E-state index in [2.05, 4.69) is 38.1 Å². The van der Waals surface area contributed by atoms with Crippen molar-refractivity contribution in [2.75, 3.05) is 22.9 Å². The molecule has 0 aliphatic rings. The molecular weight excluding hydrogens is 596 g/mol. The van der Waals surface area contributed by atoms with Crippen molar-refractivity contribution in [1.29, 1.82) is 0 Å². The fraction of sp³-hybridized carbons (Fsp3) is 0.238. The van der Waals surface area contributed by atoms with Gasteiger partial charge >= 0.3 is 0 Å². The lowest BCUT2D eigenvalue weighted by Crippen LogP contribution is -2.31. The summed E-state index contributed by atoms with van der Waals surface area (Å²) >= 11 is 0. The van der Waals surface area contributed by atoms with E-state index in [-0.39, 0.29) is 35.1 Å². The number of rotatable bonds is 12. The molecule has 0 aliphatic heterocycles. The highest BCUT2D eigenvalue weighted by atomic mass is 16.3. The molecule has 0 aromatic heterocycles. The molecule has 0 saturated heterocycles. The largest absolute Gasteiger partial charge is 0.508 e. The highest BCUT2D eigenvalue weighted by Crippen LogP contribution is 2.27. The Hall–Kier alpha value is -5.36. The van der Waals surface area contributed by atoms with Gasteiger partial charge in [0.15, 0.2) is 0 Å². The molecule has 0 bridgehead atoms. The van der Waals surface area contributed by atoms with Gasteiger partial charge in [0.25, 0.3) is 11.8 Å². The number of benzene rings is 5. The molecule has 2 N–H and O–H groups in total. The number of carbonyl (C=O) groups is 2. The molecule has 0 radical (unpaired) electrons. The minimum atomic E-state index is -0.119. The molecule has 0 fully saturated rings. The average Bonchev–Trinajstić information content (AvgIpc) is 3.11. The van der Waals surface area contributed by atoms with Crippen molar-refractivity contribution in [3.05, 3.63) is 155 Å². The molecule has 5 aromatic carbocycles. The lowest BCUT2D eigenvalue weighted by molar-refractivity contribution is 0.0977. The molecule has 6 heteroatoms. The van der Waals surface area contributed by atoms with E-state index >= 15 is 0 Å². The third kappa shape index (κ3) is 8.13. The van der Waals surface area contributed by atoms with Crippen LogP contribution in [0, 0.1) is 0 Å². The van der Waals surface area contributed by atoms with Gasteiger partial charge in [0, 0.05) is 35.6 Å². The van der Waals surface area contributed by atoms with Crippen molar-refractivity contribution < 1.29 is 19.8 Å². The molecule has 5 rings (SSSR count). The van der Waals surface area contributed by atoms with Crippen molar-refractivity contribution in [2.45, 2.75) is 52.4 Å². The summed E-state index contributed by atoms with van der Waals surface area (Å²) in [7, 11) is 0. The second kappa shape index (κ2) is 15.5. The summed E-state index contributed by atoms with van der Waals surface area (Å²) in [5, 5.41) is 19.2. The number of aromatic hydroxyl groups is 2. The number of hydrogen-bond donors (Lipinski definition) is 2. The zero-order valence-corrected chi connectivity index (χ0v) is 28.1. The van der Waals surface area contributed by atoms with E-state index in [1.54, 1.807) is 58.3 Å². The number of phenols is 2. The van der Waals surface area contributed by atoms with Crippen LogP contribution in [0.4, 0.5) is 11.4 Å². The molecule has 0 spiro atoms. The summed E-state index contributed by atoms with van der Waals surface area (Å²) in [6, 6.07) is 37.7. The van der Waals surface area contributed by atoms with Gasteiger partial charge in [0.05, 0.1) is 0 Å². The lowest BCUT2D eigenvalue weighted by atomic mass is 9.93. The van der Waals surface area contributed by atoms with Gasteiger partial charge in [-0.15, -0.1) is 0 Å². The molecule has 0 saturated carbocycles. The molecule has 2 unspecified atom stereocenters. The monoisotopic (exact) mass is 640 g/mol. The van der Waals surface area contributed by atoms with Crippen LogP contribution in [0.2, 0.25) is 0 Å². The first-order valence-electron chi connectivity index (χ1n) is 16.7. The quantitative estimate of drug-likeness (QED) is 0.143. The highest BCUT2D eigenvalue weighted by Gasteiger charge is 2.20. The second-order valence-corrected chi connectivity index (χ2v) is 12.4. The number of amides is 2. The van der Waals surface area contributed by atoms with Crippen LogP contribution in [-0.4, -0.2) is 35.1 Å². The Labute approximate surface area is 283 Å². The Morgan fingerprint density at radius 1 is 0.500 bits per heavy atom. The number of carbonyl (C=O) groups excluding carboxylic acids is 2. The summed E-state index contributed by atoms with van der Waals surface area (Å²) in [6.45, 7) is 9.25. The van der Waals surface area contributed by atoms with E-state index in [0.717, 1.165) is 35.3 Å². The highest BCUT2D eigenvalue weighted by molar-refractivity contribution is 6.09. The van der Waals surface area contributed by atoms with Crippen LogP contribution in [-0.2, 0) is 12.8 Å². The van der Waals surface area contributed by atoms with Crippen molar-refractivity contribution in [3.8, 4) is 11.5 Å². The van der Waals surface area contributed by atoms with Gasteiger partial charge in [-0.2, -0.15) is 0 Å². The van der Waals surface area contributed by atoms with E-state index in [4.69, 9.17) is 0 Å². The molecular formula is C42H44N2O4. The molecule has 6 nitrogen and oxygen atoms in total. The number of nitrogens with zero attached hydrogens (tertiary/aromatic N) is 2. The Kier molecular flexibility index (Phi) is 11.0. The zero-order chi connectivity index (χ0) is 34.2. The average molecular weight is 641 g/mol. The van der Waals surface area contributed by atoms with Gasteiger partial charge in [-0.3, -0.25) is 9.59 Å². The van der Waals surface area contributed by atoms with Gasteiger partial charge in [0.1, 0.15) is 11.5 Å². The maximum absolute atomic E-state index is 13.6. The van der Waals surface area contributed by atoms with Crippen molar-refractivity contribution >= 4 is 23.2 Å². The molecule has 2 atom stereocenters. The SMILES string of the molecule is CCN(C(=O)c1ccc(C(=O)N(CC)c2ccc(CC(C)c3ccc(O)cc3)cc2)cc1)c1ccc(CC(C)c2ccc(O)cc2)cc1. The van der Waals surface area contributed by atoms with Gasteiger partial charge in [-0.25, -0.2) is 0 Å². The predicted octanol–water partition coefficient (Wildman–Crippen LogP) is 9.12. The fourth-order valence-electron chi connectivity index (χ4n) is 6.13. The predicted molar refractivity (Wildman–Crippen MR) is 194 cm³/mol. The van der Waals surface area contributed by atoms with Gasteiger partial charge in [0.2, 0.25) is 0 Å². The number of hydrogen-bond acceptors (Lipinski definition) is 4. The van der Waals surface area contributed by atoms with Crippen molar-refractivity contribution in [3.63, 3.8) is 0 Å². The first-order valence-corrected chi connectivity index (χ1v) is 16.7. The summed E-state index contributed by atoms with van der Waals surface area (Å²) in [4.78, 5) is 30.6. The summed E-state index contributed by atoms with van der Waals surface area (Å²) in [5.41, 5.74) is 7.36. The van der Waals surface area contributed by atoms with Crippen LogP contribution < -0.4 is 9.80 Å². The van der Waals surface area contributed by atoms with E-state index in [0.29, 0.717) is 24.2 Å². The Balaban J connectivity index is 1.21. The minimum Gasteiger partial charge on any atom is -0.508 e. The molecule has 48 heavy (non-hydrogen) atoms. The molecule has 0 heterocycles. The molecule has 246 valence electrons. The Morgan fingerprint density at radius 2 is 0.812 bits per heavy atom.